The smallest absolute Gasteiger partial charge is 0.230 e. The zero-order valence-electron chi connectivity index (χ0n) is 8.85. The van der Waals surface area contributed by atoms with Gasteiger partial charge in [0.15, 0.2) is 5.58 Å². The van der Waals surface area contributed by atoms with Crippen molar-refractivity contribution in [1.82, 2.24) is 4.98 Å². The molecular formula is C13H9FN2O. The summed E-state index contributed by atoms with van der Waals surface area (Å²) in [6, 6.07) is 11.5. The van der Waals surface area contributed by atoms with Gasteiger partial charge in [-0.15, -0.1) is 0 Å². The molecule has 0 aliphatic rings. The summed E-state index contributed by atoms with van der Waals surface area (Å²) in [5.41, 5.74) is 7.80. The van der Waals surface area contributed by atoms with Crippen LogP contribution < -0.4 is 5.73 Å². The molecule has 0 spiro atoms. The lowest BCUT2D eigenvalue weighted by atomic mass is 10.2. The van der Waals surface area contributed by atoms with Crippen LogP contribution in [-0.2, 0) is 0 Å². The van der Waals surface area contributed by atoms with Gasteiger partial charge in [-0.3, -0.25) is 0 Å². The van der Waals surface area contributed by atoms with Crippen LogP contribution in [0.25, 0.3) is 22.6 Å². The third kappa shape index (κ3) is 1.63. The molecule has 3 rings (SSSR count). The van der Waals surface area contributed by atoms with Crippen molar-refractivity contribution in [3.8, 4) is 11.5 Å². The highest BCUT2D eigenvalue weighted by molar-refractivity contribution is 5.79. The van der Waals surface area contributed by atoms with E-state index in [-0.39, 0.29) is 11.7 Å². The van der Waals surface area contributed by atoms with Crippen LogP contribution in [0.15, 0.2) is 46.9 Å². The van der Waals surface area contributed by atoms with Gasteiger partial charge in [0.1, 0.15) is 11.3 Å². The lowest BCUT2D eigenvalue weighted by molar-refractivity contribution is 0.594. The van der Waals surface area contributed by atoms with Crippen molar-refractivity contribution in [3.05, 3.63) is 48.3 Å². The summed E-state index contributed by atoms with van der Waals surface area (Å²) in [7, 11) is 0. The van der Waals surface area contributed by atoms with E-state index < -0.39 is 0 Å². The van der Waals surface area contributed by atoms with Crippen molar-refractivity contribution in [3.63, 3.8) is 0 Å². The number of nitrogen functional groups attached to an aromatic ring is 1. The molecule has 0 radical (unpaired) electrons. The van der Waals surface area contributed by atoms with Crippen LogP contribution in [0.4, 0.5) is 10.1 Å². The van der Waals surface area contributed by atoms with E-state index in [2.05, 4.69) is 4.98 Å². The van der Waals surface area contributed by atoms with E-state index in [4.69, 9.17) is 10.2 Å². The van der Waals surface area contributed by atoms with Gasteiger partial charge in [0.25, 0.3) is 0 Å². The fourth-order valence-corrected chi connectivity index (χ4v) is 1.69. The normalized spacial score (nSPS) is 10.9. The van der Waals surface area contributed by atoms with Gasteiger partial charge < -0.3 is 10.2 Å². The average Bonchev–Trinajstić information content (AvgIpc) is 2.72. The molecule has 84 valence electrons. The molecule has 2 N–H and O–H groups in total. The van der Waals surface area contributed by atoms with E-state index in [1.165, 1.54) is 6.07 Å². The Morgan fingerprint density at radius 3 is 2.76 bits per heavy atom. The van der Waals surface area contributed by atoms with Crippen LogP contribution in [0.3, 0.4) is 0 Å². The largest absolute Gasteiger partial charge is 0.436 e. The van der Waals surface area contributed by atoms with Crippen LogP contribution in [-0.4, -0.2) is 4.98 Å². The molecule has 3 nitrogen and oxygen atoms in total. The van der Waals surface area contributed by atoms with E-state index in [1.54, 1.807) is 36.4 Å². The van der Waals surface area contributed by atoms with Gasteiger partial charge >= 0.3 is 0 Å². The number of halogens is 1. The predicted octanol–water partition coefficient (Wildman–Crippen LogP) is 3.22. The molecular weight excluding hydrogens is 219 g/mol. The molecule has 0 saturated heterocycles. The van der Waals surface area contributed by atoms with Gasteiger partial charge in [0, 0.05) is 11.8 Å². The first-order valence-corrected chi connectivity index (χ1v) is 5.15. The first kappa shape index (κ1) is 9.84. The minimum absolute atomic E-state index is 0.267. The highest BCUT2D eigenvalue weighted by atomic mass is 19.1. The Bertz CT molecular complexity index is 691. The van der Waals surface area contributed by atoms with Gasteiger partial charge in [0.05, 0.1) is 5.56 Å². The van der Waals surface area contributed by atoms with Gasteiger partial charge in [-0.05, 0) is 24.3 Å². The third-order valence-corrected chi connectivity index (χ3v) is 2.52. The summed E-state index contributed by atoms with van der Waals surface area (Å²) in [6.07, 6.45) is 0. The van der Waals surface area contributed by atoms with Gasteiger partial charge in [-0.2, -0.15) is 0 Å². The van der Waals surface area contributed by atoms with Gasteiger partial charge in [-0.1, -0.05) is 12.1 Å². The Kier molecular flexibility index (Phi) is 2.08. The molecule has 3 aromatic rings. The van der Waals surface area contributed by atoms with Gasteiger partial charge in [0.2, 0.25) is 5.89 Å². The Hall–Kier alpha value is -2.36. The standard InChI is InChI=1S/C13H9FN2O/c14-10-4-2-1-3-9(10)13-16-11-6-5-8(15)7-12(11)17-13/h1-7H,15H2. The summed E-state index contributed by atoms with van der Waals surface area (Å²) in [6.45, 7) is 0. The van der Waals surface area contributed by atoms with E-state index in [1.807, 2.05) is 0 Å². The van der Waals surface area contributed by atoms with Crippen molar-refractivity contribution in [2.45, 2.75) is 0 Å². The number of nitrogens with two attached hydrogens (primary N) is 1. The van der Waals surface area contributed by atoms with Crippen LogP contribution >= 0.6 is 0 Å². The van der Waals surface area contributed by atoms with Crippen molar-refractivity contribution in [2.75, 3.05) is 5.73 Å². The number of fused-ring (bicyclic) bond motifs is 1. The summed E-state index contributed by atoms with van der Waals surface area (Å²) >= 11 is 0. The molecule has 0 aliphatic carbocycles. The fourth-order valence-electron chi connectivity index (χ4n) is 1.69. The zero-order chi connectivity index (χ0) is 11.8. The Labute approximate surface area is 96.7 Å². The number of hydrogen-bond donors (Lipinski definition) is 1. The number of oxazole rings is 1. The highest BCUT2D eigenvalue weighted by Gasteiger charge is 2.11. The fraction of sp³-hybridized carbons (Fsp3) is 0. The van der Waals surface area contributed by atoms with Crippen LogP contribution in [0.5, 0.6) is 0 Å². The molecule has 1 heterocycles. The SMILES string of the molecule is Nc1ccc2nc(-c3ccccc3F)oc2c1. The second-order valence-electron chi connectivity index (χ2n) is 3.73. The monoisotopic (exact) mass is 228 g/mol. The van der Waals surface area contributed by atoms with E-state index >= 15 is 0 Å². The summed E-state index contributed by atoms with van der Waals surface area (Å²) in [5, 5.41) is 0. The molecule has 0 saturated carbocycles. The van der Waals surface area contributed by atoms with Crippen molar-refractivity contribution in [1.29, 1.82) is 0 Å². The first-order chi connectivity index (χ1) is 8.24. The van der Waals surface area contributed by atoms with Crippen LogP contribution in [0.1, 0.15) is 0 Å². The highest BCUT2D eigenvalue weighted by Crippen LogP contribution is 2.26. The minimum Gasteiger partial charge on any atom is -0.436 e. The predicted molar refractivity (Wildman–Crippen MR) is 63.8 cm³/mol. The number of rotatable bonds is 1. The number of aromatic nitrogens is 1. The number of hydrogen-bond acceptors (Lipinski definition) is 3. The molecule has 0 amide bonds. The van der Waals surface area contributed by atoms with Crippen LogP contribution in [0.2, 0.25) is 0 Å². The van der Waals surface area contributed by atoms with Gasteiger partial charge in [-0.25, -0.2) is 9.37 Å². The minimum atomic E-state index is -0.355. The third-order valence-electron chi connectivity index (χ3n) is 2.52. The number of anilines is 1. The maximum atomic E-state index is 13.6. The molecule has 0 aliphatic heterocycles. The zero-order valence-corrected chi connectivity index (χ0v) is 8.85. The van der Waals surface area contributed by atoms with Crippen molar-refractivity contribution in [2.24, 2.45) is 0 Å². The lowest BCUT2D eigenvalue weighted by Crippen LogP contribution is -1.82. The number of nitrogens with zero attached hydrogens (tertiary/aromatic N) is 1. The molecule has 0 bridgehead atoms. The Morgan fingerprint density at radius 2 is 1.94 bits per heavy atom. The number of benzene rings is 2. The van der Waals surface area contributed by atoms with E-state index in [9.17, 15) is 4.39 Å². The lowest BCUT2D eigenvalue weighted by Gasteiger charge is -1.95. The molecule has 4 heteroatoms. The molecule has 0 atom stereocenters. The Morgan fingerprint density at radius 1 is 1.12 bits per heavy atom. The summed E-state index contributed by atoms with van der Waals surface area (Å²) in [4.78, 5) is 4.22. The maximum Gasteiger partial charge on any atom is 0.230 e. The molecule has 2 aromatic carbocycles. The second-order valence-corrected chi connectivity index (χ2v) is 3.73. The topological polar surface area (TPSA) is 52.0 Å². The average molecular weight is 228 g/mol. The Balaban J connectivity index is 2.22. The second kappa shape index (κ2) is 3.59. The quantitative estimate of drug-likeness (QED) is 0.650. The molecule has 0 unspecified atom stereocenters. The summed E-state index contributed by atoms with van der Waals surface area (Å²) in [5.74, 6) is -0.0873. The van der Waals surface area contributed by atoms with Crippen molar-refractivity contribution >= 4 is 16.8 Å². The molecule has 1 aromatic heterocycles. The maximum absolute atomic E-state index is 13.6. The van der Waals surface area contributed by atoms with Crippen molar-refractivity contribution < 1.29 is 8.81 Å². The molecule has 0 fully saturated rings. The van der Waals surface area contributed by atoms with E-state index in [0.717, 1.165) is 0 Å². The first-order valence-electron chi connectivity index (χ1n) is 5.15. The molecule has 17 heavy (non-hydrogen) atoms. The van der Waals surface area contributed by atoms with Crippen LogP contribution in [0, 0.1) is 5.82 Å². The summed E-state index contributed by atoms with van der Waals surface area (Å²) < 4.78 is 19.0. The van der Waals surface area contributed by atoms with E-state index in [0.29, 0.717) is 22.4 Å².